The highest BCUT2D eigenvalue weighted by molar-refractivity contribution is 7.22. The van der Waals surface area contributed by atoms with Crippen LogP contribution in [-0.4, -0.2) is 28.8 Å². The first-order valence-corrected chi connectivity index (χ1v) is 8.95. The van der Waals surface area contributed by atoms with Gasteiger partial charge < -0.3 is 4.74 Å². The number of aromatic nitrogens is 1. The van der Waals surface area contributed by atoms with E-state index in [1.807, 2.05) is 36.4 Å². The number of ether oxygens (including phenoxy) is 1. The summed E-state index contributed by atoms with van der Waals surface area (Å²) in [6.45, 7) is 1.71. The zero-order valence-corrected chi connectivity index (χ0v) is 14.7. The molecule has 0 saturated heterocycles. The van der Waals surface area contributed by atoms with E-state index in [1.165, 1.54) is 11.3 Å². The molecule has 0 spiro atoms. The van der Waals surface area contributed by atoms with Crippen LogP contribution in [0.25, 0.3) is 10.2 Å². The second-order valence-corrected chi connectivity index (χ2v) is 6.91. The Morgan fingerprint density at radius 2 is 2.19 bits per heavy atom. The van der Waals surface area contributed by atoms with Crippen LogP contribution >= 0.6 is 11.3 Å². The number of nitrogens with zero attached hydrogens (tertiary/aromatic N) is 2. The van der Waals surface area contributed by atoms with Crippen molar-refractivity contribution in [1.29, 1.82) is 0 Å². The van der Waals surface area contributed by atoms with Crippen molar-refractivity contribution in [2.75, 3.05) is 5.32 Å². The van der Waals surface area contributed by atoms with Gasteiger partial charge >= 0.3 is 5.97 Å². The Kier molecular flexibility index (Phi) is 4.22. The van der Waals surface area contributed by atoms with Crippen LogP contribution in [-0.2, 0) is 14.3 Å². The third kappa shape index (κ3) is 3.34. The number of para-hydroxylation sites is 1. The second kappa shape index (κ2) is 6.68. The molecule has 2 heterocycles. The molecule has 2 aliphatic rings. The number of rotatable bonds is 3. The van der Waals surface area contributed by atoms with E-state index in [-0.39, 0.29) is 5.91 Å². The molecule has 1 unspecified atom stereocenters. The number of hydrogen-bond donors (Lipinski definition) is 1. The highest BCUT2D eigenvalue weighted by Gasteiger charge is 2.22. The van der Waals surface area contributed by atoms with Crippen molar-refractivity contribution >= 4 is 44.3 Å². The highest BCUT2D eigenvalue weighted by atomic mass is 32.1. The molecule has 1 aliphatic heterocycles. The number of amides is 1. The van der Waals surface area contributed by atoms with E-state index in [0.29, 0.717) is 22.8 Å². The summed E-state index contributed by atoms with van der Waals surface area (Å²) in [5.41, 5.74) is 2.63. The topological polar surface area (TPSA) is 80.7 Å². The molecule has 1 amide bonds. The first-order chi connectivity index (χ1) is 12.6. The molecule has 26 heavy (non-hydrogen) atoms. The average molecular weight is 365 g/mol. The Labute approximate surface area is 153 Å². The van der Waals surface area contributed by atoms with Gasteiger partial charge in [-0.1, -0.05) is 35.6 Å². The van der Waals surface area contributed by atoms with Crippen molar-refractivity contribution < 1.29 is 14.3 Å². The normalized spacial score (nSPS) is 20.9. The second-order valence-electron chi connectivity index (χ2n) is 5.88. The first-order valence-electron chi connectivity index (χ1n) is 8.13. The summed E-state index contributed by atoms with van der Waals surface area (Å²) in [6.07, 6.45) is 7.15. The van der Waals surface area contributed by atoms with Gasteiger partial charge in [-0.2, -0.15) is 0 Å². The third-order valence-electron chi connectivity index (χ3n) is 3.94. The minimum atomic E-state index is -0.437. The van der Waals surface area contributed by atoms with Crippen LogP contribution in [0, 0.1) is 0 Å². The van der Waals surface area contributed by atoms with E-state index < -0.39 is 12.2 Å². The van der Waals surface area contributed by atoms with E-state index >= 15 is 0 Å². The number of thiazole rings is 1. The highest BCUT2D eigenvalue weighted by Crippen LogP contribution is 2.26. The van der Waals surface area contributed by atoms with Gasteiger partial charge in [-0.05, 0) is 43.2 Å². The Hall–Kier alpha value is -3.06. The SMILES string of the molecule is CC1N=C(C=C2C=CC(C(=O)Nc3nc4ccccc4s3)=CC2)C(=O)O1. The van der Waals surface area contributed by atoms with E-state index in [2.05, 4.69) is 15.3 Å². The molecule has 7 heteroatoms. The molecule has 1 atom stereocenters. The zero-order chi connectivity index (χ0) is 18.1. The number of cyclic esters (lactones) is 1. The monoisotopic (exact) mass is 365 g/mol. The van der Waals surface area contributed by atoms with Crippen molar-refractivity contribution in [2.45, 2.75) is 19.6 Å². The number of aliphatic imine (C=N–C) groups is 1. The number of nitrogens with one attached hydrogen (secondary N) is 1. The summed E-state index contributed by atoms with van der Waals surface area (Å²) in [5, 5.41) is 3.41. The van der Waals surface area contributed by atoms with Gasteiger partial charge in [0, 0.05) is 5.57 Å². The number of hydrogen-bond acceptors (Lipinski definition) is 6. The van der Waals surface area contributed by atoms with Gasteiger partial charge in [0.15, 0.2) is 11.4 Å². The van der Waals surface area contributed by atoms with Crippen molar-refractivity contribution in [3.8, 4) is 0 Å². The van der Waals surface area contributed by atoms with Crippen molar-refractivity contribution in [3.05, 3.63) is 59.7 Å². The standard InChI is InChI=1S/C19H15N3O3S/c1-11-20-15(18(24)25-11)10-12-6-8-13(9-7-12)17(23)22-19-21-14-4-2-3-5-16(14)26-19/h2-6,8-11H,7H2,1H3,(H,21,22,23). The van der Waals surface area contributed by atoms with Crippen LogP contribution in [0.5, 0.6) is 0 Å². The molecule has 130 valence electrons. The minimum absolute atomic E-state index is 0.203. The molecule has 1 N–H and O–H groups in total. The summed E-state index contributed by atoms with van der Waals surface area (Å²) in [5.74, 6) is -0.618. The number of fused-ring (bicyclic) bond motifs is 1. The van der Waals surface area contributed by atoms with Gasteiger partial charge in [0.05, 0.1) is 10.2 Å². The minimum Gasteiger partial charge on any atom is -0.435 e. The summed E-state index contributed by atoms with van der Waals surface area (Å²) in [7, 11) is 0. The number of anilines is 1. The largest absolute Gasteiger partial charge is 0.435 e. The van der Waals surface area contributed by atoms with E-state index in [1.54, 1.807) is 19.1 Å². The van der Waals surface area contributed by atoms with Crippen LogP contribution in [0.4, 0.5) is 5.13 Å². The predicted octanol–water partition coefficient (Wildman–Crippen LogP) is 3.39. The third-order valence-corrected chi connectivity index (χ3v) is 4.89. The number of allylic oxidation sites excluding steroid dienone is 3. The zero-order valence-electron chi connectivity index (χ0n) is 13.9. The maximum Gasteiger partial charge on any atom is 0.358 e. The number of esters is 1. The van der Waals surface area contributed by atoms with Crippen LogP contribution in [0.2, 0.25) is 0 Å². The molecule has 1 aromatic heterocycles. The first kappa shape index (κ1) is 16.4. The molecule has 1 aliphatic carbocycles. The Balaban J connectivity index is 1.44. The average Bonchev–Trinajstić information content (AvgIpc) is 3.17. The lowest BCUT2D eigenvalue weighted by molar-refractivity contribution is -0.136. The molecular weight excluding hydrogens is 350 g/mol. The van der Waals surface area contributed by atoms with Crippen molar-refractivity contribution in [2.24, 2.45) is 4.99 Å². The molecule has 0 radical (unpaired) electrons. The van der Waals surface area contributed by atoms with E-state index in [4.69, 9.17) is 4.74 Å². The Morgan fingerprint density at radius 3 is 2.88 bits per heavy atom. The number of carbonyl (C=O) groups is 2. The maximum atomic E-state index is 12.4. The van der Waals surface area contributed by atoms with Crippen LogP contribution in [0.1, 0.15) is 13.3 Å². The van der Waals surface area contributed by atoms with Gasteiger partial charge in [-0.15, -0.1) is 0 Å². The number of carbonyl (C=O) groups excluding carboxylic acids is 2. The van der Waals surface area contributed by atoms with Crippen LogP contribution in [0.3, 0.4) is 0 Å². The summed E-state index contributed by atoms with van der Waals surface area (Å²) in [6, 6.07) is 7.74. The summed E-state index contributed by atoms with van der Waals surface area (Å²) >= 11 is 1.44. The molecular formula is C19H15N3O3S. The molecule has 6 nitrogen and oxygen atoms in total. The molecule has 4 rings (SSSR count). The lowest BCUT2D eigenvalue weighted by atomic mass is 10.0. The lowest BCUT2D eigenvalue weighted by Crippen LogP contribution is -2.14. The fraction of sp³-hybridized carbons (Fsp3) is 0.158. The van der Waals surface area contributed by atoms with Crippen LogP contribution < -0.4 is 5.32 Å². The van der Waals surface area contributed by atoms with E-state index in [9.17, 15) is 9.59 Å². The number of benzene rings is 1. The molecule has 0 fully saturated rings. The van der Waals surface area contributed by atoms with Gasteiger partial charge in [-0.25, -0.2) is 14.8 Å². The predicted molar refractivity (Wildman–Crippen MR) is 101 cm³/mol. The fourth-order valence-corrected chi connectivity index (χ4v) is 3.55. The van der Waals surface area contributed by atoms with Gasteiger partial charge in [0.1, 0.15) is 5.71 Å². The molecule has 0 saturated carbocycles. The molecule has 0 bridgehead atoms. The quantitative estimate of drug-likeness (QED) is 0.846. The van der Waals surface area contributed by atoms with Crippen molar-refractivity contribution in [1.82, 2.24) is 4.98 Å². The lowest BCUT2D eigenvalue weighted by Gasteiger charge is -2.08. The van der Waals surface area contributed by atoms with Gasteiger partial charge in [0.2, 0.25) is 0 Å². The Bertz CT molecular complexity index is 997. The smallest absolute Gasteiger partial charge is 0.358 e. The Morgan fingerprint density at radius 1 is 1.35 bits per heavy atom. The van der Waals surface area contributed by atoms with Crippen LogP contribution in [0.15, 0.2) is 64.7 Å². The maximum absolute atomic E-state index is 12.4. The summed E-state index contributed by atoms with van der Waals surface area (Å²) < 4.78 is 6.00. The molecule has 1 aromatic carbocycles. The molecule has 2 aromatic rings. The summed E-state index contributed by atoms with van der Waals surface area (Å²) in [4.78, 5) is 32.5. The van der Waals surface area contributed by atoms with Gasteiger partial charge in [0.25, 0.3) is 5.91 Å². The fourth-order valence-electron chi connectivity index (χ4n) is 2.69. The van der Waals surface area contributed by atoms with Crippen molar-refractivity contribution in [3.63, 3.8) is 0 Å². The van der Waals surface area contributed by atoms with Gasteiger partial charge in [-0.3, -0.25) is 10.1 Å². The van der Waals surface area contributed by atoms with E-state index in [0.717, 1.165) is 15.8 Å².